The zero-order valence-corrected chi connectivity index (χ0v) is 19.8. The molecule has 2 heterocycles. The van der Waals surface area contributed by atoms with E-state index in [4.69, 9.17) is 4.98 Å². The topological polar surface area (TPSA) is 54.3 Å². The van der Waals surface area contributed by atoms with Gasteiger partial charge in [-0.3, -0.25) is 0 Å². The van der Waals surface area contributed by atoms with Gasteiger partial charge in [-0.25, -0.2) is 19.9 Å². The number of halogens is 2. The van der Waals surface area contributed by atoms with E-state index in [2.05, 4.69) is 58.1 Å². The molecule has 0 unspecified atom stereocenters. The van der Waals surface area contributed by atoms with Crippen molar-refractivity contribution in [1.82, 2.24) is 19.9 Å². The largest absolute Gasteiger partial charge is 0.366 e. The van der Waals surface area contributed by atoms with E-state index in [0.717, 1.165) is 40.7 Å². The van der Waals surface area contributed by atoms with Gasteiger partial charge in [0.25, 0.3) is 0 Å². The van der Waals surface area contributed by atoms with Crippen molar-refractivity contribution in [1.29, 1.82) is 0 Å². The van der Waals surface area contributed by atoms with Crippen molar-refractivity contribution in [3.05, 3.63) is 57.4 Å². The molecule has 0 N–H and O–H groups in total. The molecule has 1 aromatic carbocycles. The van der Waals surface area contributed by atoms with Gasteiger partial charge < -0.3 is 4.90 Å². The Morgan fingerprint density at radius 2 is 1.76 bits per heavy atom. The molecule has 0 fully saturated rings. The highest BCUT2D eigenvalue weighted by atomic mass is 35.5. The van der Waals surface area contributed by atoms with Crippen molar-refractivity contribution < 1.29 is 0 Å². The Morgan fingerprint density at radius 3 is 2.41 bits per heavy atom. The average Bonchev–Trinajstić information content (AvgIpc) is 3.12. The quantitative estimate of drug-likeness (QED) is 0.362. The summed E-state index contributed by atoms with van der Waals surface area (Å²) < 4.78 is 0. The molecule has 29 heavy (non-hydrogen) atoms. The molecule has 0 saturated heterocycles. The Hall–Kier alpha value is -2.02. The average molecular weight is 452 g/mol. The first-order chi connectivity index (χ1) is 13.0. The number of benzene rings is 1. The van der Waals surface area contributed by atoms with Crippen LogP contribution in [0, 0.1) is 20.8 Å². The van der Waals surface area contributed by atoms with Crippen LogP contribution in [0.1, 0.15) is 34.4 Å². The lowest BCUT2D eigenvalue weighted by molar-refractivity contribution is 0.552. The molecule has 0 bridgehead atoms. The second-order valence-electron chi connectivity index (χ2n) is 6.71. The third-order valence-electron chi connectivity index (χ3n) is 4.52. The van der Waals surface area contributed by atoms with Crippen LogP contribution in [0.5, 0.6) is 0 Å². The maximum absolute atomic E-state index is 4.77. The Bertz CT molecular complexity index is 954. The van der Waals surface area contributed by atoms with Crippen LogP contribution in [0.15, 0.2) is 34.9 Å². The van der Waals surface area contributed by atoms with E-state index in [9.17, 15) is 0 Å². The van der Waals surface area contributed by atoms with Gasteiger partial charge in [0.1, 0.15) is 5.82 Å². The number of nitrogens with zero attached hydrogens (tertiary/aromatic N) is 5. The predicted octanol–water partition coefficient (Wildman–Crippen LogP) is 5.57. The van der Waals surface area contributed by atoms with Crippen LogP contribution in [0.25, 0.3) is 11.3 Å². The van der Waals surface area contributed by atoms with Gasteiger partial charge in [-0.2, -0.15) is 0 Å². The van der Waals surface area contributed by atoms with Crippen LogP contribution in [-0.4, -0.2) is 39.8 Å². The van der Waals surface area contributed by atoms with Gasteiger partial charge >= 0.3 is 0 Å². The summed E-state index contributed by atoms with van der Waals surface area (Å²) in [6.45, 7) is 9.18. The standard InChI is InChI=1S/C21H25N5S.2ClH/c1-6-26(5)13-24-19-8-14(2)17(7-15(19)3)9-21-25-20(12-27-21)18-10-22-16(4)23-11-18;;/h7-8,10-13H,6,9H2,1-5H3;2*1H/b24-13-;;. The first-order valence-corrected chi connectivity index (χ1v) is 9.92. The van der Waals surface area contributed by atoms with Crippen LogP contribution < -0.4 is 0 Å². The normalized spacial score (nSPS) is 10.5. The second-order valence-corrected chi connectivity index (χ2v) is 7.65. The van der Waals surface area contributed by atoms with Gasteiger partial charge in [-0.05, 0) is 50.5 Å². The predicted molar refractivity (Wildman–Crippen MR) is 128 cm³/mol. The summed E-state index contributed by atoms with van der Waals surface area (Å²) in [5.41, 5.74) is 6.63. The molecule has 3 rings (SSSR count). The Balaban J connectivity index is 0.00000210. The van der Waals surface area contributed by atoms with Crippen LogP contribution in [0.4, 0.5) is 5.69 Å². The molecule has 0 aliphatic rings. The number of rotatable bonds is 6. The van der Waals surface area contributed by atoms with E-state index in [0.29, 0.717) is 0 Å². The van der Waals surface area contributed by atoms with E-state index < -0.39 is 0 Å². The Kier molecular flexibility index (Phi) is 9.70. The highest BCUT2D eigenvalue weighted by molar-refractivity contribution is 7.10. The molecule has 3 aromatic rings. The molecule has 2 aromatic heterocycles. The van der Waals surface area contributed by atoms with E-state index in [1.807, 2.05) is 32.7 Å². The summed E-state index contributed by atoms with van der Waals surface area (Å²) in [7, 11) is 2.03. The van der Waals surface area contributed by atoms with Gasteiger partial charge in [-0.1, -0.05) is 6.07 Å². The molecule has 0 atom stereocenters. The fourth-order valence-electron chi connectivity index (χ4n) is 2.65. The third kappa shape index (κ3) is 6.49. The molecule has 0 spiro atoms. The Morgan fingerprint density at radius 1 is 1.07 bits per heavy atom. The first kappa shape index (κ1) is 25.0. The number of hydrogen-bond acceptors (Lipinski definition) is 5. The maximum atomic E-state index is 4.77. The monoisotopic (exact) mass is 451 g/mol. The first-order valence-electron chi connectivity index (χ1n) is 9.04. The lowest BCUT2D eigenvalue weighted by Crippen LogP contribution is -2.14. The highest BCUT2D eigenvalue weighted by Gasteiger charge is 2.10. The van der Waals surface area contributed by atoms with Crippen molar-refractivity contribution in [3.8, 4) is 11.3 Å². The van der Waals surface area contributed by atoms with Gasteiger partial charge in [0, 0.05) is 43.4 Å². The van der Waals surface area contributed by atoms with Gasteiger partial charge in [0.15, 0.2) is 0 Å². The summed E-state index contributed by atoms with van der Waals surface area (Å²) in [5.74, 6) is 0.771. The van der Waals surface area contributed by atoms with Crippen LogP contribution in [0.3, 0.4) is 0 Å². The molecule has 0 aliphatic carbocycles. The summed E-state index contributed by atoms with van der Waals surface area (Å²) in [6, 6.07) is 4.39. The lowest BCUT2D eigenvalue weighted by atomic mass is 10.0. The van der Waals surface area contributed by atoms with Crippen molar-refractivity contribution >= 4 is 48.2 Å². The van der Waals surface area contributed by atoms with Gasteiger partial charge in [0.2, 0.25) is 0 Å². The molecular weight excluding hydrogens is 425 g/mol. The molecule has 5 nitrogen and oxygen atoms in total. The summed E-state index contributed by atoms with van der Waals surface area (Å²) in [4.78, 5) is 20.0. The van der Waals surface area contributed by atoms with Crippen LogP contribution >= 0.6 is 36.2 Å². The van der Waals surface area contributed by atoms with Gasteiger partial charge in [-0.15, -0.1) is 36.2 Å². The van der Waals surface area contributed by atoms with E-state index in [1.165, 1.54) is 16.7 Å². The minimum atomic E-state index is 0. The zero-order chi connectivity index (χ0) is 19.4. The SMILES string of the molecule is CCN(C)/C=N\c1cc(C)c(Cc2nc(-c3cnc(C)nc3)cs2)cc1C.Cl.Cl. The van der Waals surface area contributed by atoms with Crippen LogP contribution in [0.2, 0.25) is 0 Å². The molecule has 0 saturated carbocycles. The van der Waals surface area contributed by atoms with E-state index in [1.54, 1.807) is 11.3 Å². The van der Waals surface area contributed by atoms with Crippen molar-refractivity contribution in [3.63, 3.8) is 0 Å². The molecule has 8 heteroatoms. The fourth-order valence-corrected chi connectivity index (χ4v) is 3.47. The summed E-state index contributed by atoms with van der Waals surface area (Å²) in [5, 5.41) is 3.17. The van der Waals surface area contributed by atoms with Crippen molar-refractivity contribution in [2.75, 3.05) is 13.6 Å². The molecule has 0 aliphatic heterocycles. The molecule has 0 radical (unpaired) electrons. The number of hydrogen-bond donors (Lipinski definition) is 0. The smallest absolute Gasteiger partial charge is 0.125 e. The Labute approximate surface area is 189 Å². The summed E-state index contributed by atoms with van der Waals surface area (Å²) >= 11 is 1.68. The third-order valence-corrected chi connectivity index (χ3v) is 5.37. The second kappa shape index (κ2) is 11.2. The number of thiazole rings is 1. The minimum absolute atomic E-state index is 0. The highest BCUT2D eigenvalue weighted by Crippen LogP contribution is 2.27. The minimum Gasteiger partial charge on any atom is -0.366 e. The fraction of sp³-hybridized carbons (Fsp3) is 0.333. The van der Waals surface area contributed by atoms with Crippen molar-refractivity contribution in [2.24, 2.45) is 4.99 Å². The van der Waals surface area contributed by atoms with Crippen molar-refractivity contribution in [2.45, 2.75) is 34.1 Å². The van der Waals surface area contributed by atoms with E-state index >= 15 is 0 Å². The maximum Gasteiger partial charge on any atom is 0.125 e. The number of aromatic nitrogens is 3. The zero-order valence-electron chi connectivity index (χ0n) is 17.3. The molecule has 156 valence electrons. The molecule has 0 amide bonds. The number of aliphatic imine (C=N–C) groups is 1. The van der Waals surface area contributed by atoms with Crippen LogP contribution in [-0.2, 0) is 6.42 Å². The molecular formula is C21H27Cl2N5S. The van der Waals surface area contributed by atoms with Gasteiger partial charge in [0.05, 0.1) is 22.7 Å². The summed E-state index contributed by atoms with van der Waals surface area (Å²) in [6.07, 6.45) is 6.37. The lowest BCUT2D eigenvalue weighted by Gasteiger charge is -2.11. The number of aryl methyl sites for hydroxylation is 3. The van der Waals surface area contributed by atoms with E-state index in [-0.39, 0.29) is 24.8 Å².